The zero-order chi connectivity index (χ0) is 14.1. The Hall–Kier alpha value is -1.29. The first-order chi connectivity index (χ1) is 10.4. The molecule has 1 N–H and O–H groups in total. The van der Waals surface area contributed by atoms with Crippen molar-refractivity contribution in [2.75, 3.05) is 12.4 Å². The first-order valence-corrected chi connectivity index (χ1v) is 8.54. The van der Waals surface area contributed by atoms with E-state index in [-0.39, 0.29) is 0 Å². The lowest BCUT2D eigenvalue weighted by Crippen LogP contribution is -2.34. The van der Waals surface area contributed by atoms with Crippen LogP contribution in [0.25, 0.3) is 0 Å². The monoisotopic (exact) mass is 297 g/mol. The summed E-state index contributed by atoms with van der Waals surface area (Å²) in [5.74, 6) is 1.18. The first kappa shape index (κ1) is 13.4. The maximum absolute atomic E-state index is 5.77. The standard InChI is InChI=1S/C18H19NOS/c1-2-6-14-13(5-1)11-20-12-17(14)19-16-9-10-21-18-8-4-3-7-15(16)18/h1-8,16-17,19H,9-12H2. The van der Waals surface area contributed by atoms with E-state index in [0.29, 0.717) is 12.1 Å². The van der Waals surface area contributed by atoms with Gasteiger partial charge in [-0.3, -0.25) is 0 Å². The highest BCUT2D eigenvalue weighted by Crippen LogP contribution is 2.37. The number of nitrogens with one attached hydrogen (secondary N) is 1. The van der Waals surface area contributed by atoms with Crippen molar-refractivity contribution in [2.24, 2.45) is 0 Å². The number of benzene rings is 2. The molecule has 2 atom stereocenters. The SMILES string of the molecule is c1ccc2c(c1)COCC2NC1CCSc2ccccc21. The number of hydrogen-bond acceptors (Lipinski definition) is 3. The van der Waals surface area contributed by atoms with Crippen molar-refractivity contribution in [1.29, 1.82) is 0 Å². The van der Waals surface area contributed by atoms with Crippen molar-refractivity contribution in [3.05, 3.63) is 65.2 Å². The molecule has 0 saturated carbocycles. The molecule has 2 unspecified atom stereocenters. The van der Waals surface area contributed by atoms with Crippen LogP contribution in [0.2, 0.25) is 0 Å². The summed E-state index contributed by atoms with van der Waals surface area (Å²) < 4.78 is 5.77. The van der Waals surface area contributed by atoms with Gasteiger partial charge in [-0.2, -0.15) is 0 Å². The van der Waals surface area contributed by atoms with Crippen molar-refractivity contribution in [3.63, 3.8) is 0 Å². The minimum absolute atomic E-state index is 0.302. The summed E-state index contributed by atoms with van der Waals surface area (Å²) in [6.07, 6.45) is 1.18. The van der Waals surface area contributed by atoms with Gasteiger partial charge in [0, 0.05) is 10.9 Å². The minimum Gasteiger partial charge on any atom is -0.375 e. The molecule has 4 rings (SSSR count). The van der Waals surface area contributed by atoms with Gasteiger partial charge in [-0.1, -0.05) is 42.5 Å². The zero-order valence-electron chi connectivity index (χ0n) is 11.9. The number of thioether (sulfide) groups is 1. The number of ether oxygens (including phenoxy) is 1. The smallest absolute Gasteiger partial charge is 0.0721 e. The topological polar surface area (TPSA) is 21.3 Å². The highest BCUT2D eigenvalue weighted by molar-refractivity contribution is 7.99. The fourth-order valence-corrected chi connectivity index (χ4v) is 4.40. The average Bonchev–Trinajstić information content (AvgIpc) is 2.56. The van der Waals surface area contributed by atoms with Crippen molar-refractivity contribution >= 4 is 11.8 Å². The van der Waals surface area contributed by atoms with Crippen LogP contribution < -0.4 is 5.32 Å². The molecule has 0 amide bonds. The number of hydrogen-bond donors (Lipinski definition) is 1. The highest BCUT2D eigenvalue weighted by atomic mass is 32.2. The third-order valence-electron chi connectivity index (χ3n) is 4.33. The Morgan fingerprint density at radius 2 is 1.76 bits per heavy atom. The second kappa shape index (κ2) is 5.84. The molecule has 0 radical (unpaired) electrons. The van der Waals surface area contributed by atoms with E-state index in [1.165, 1.54) is 33.8 Å². The maximum Gasteiger partial charge on any atom is 0.0721 e. The Labute approximate surface area is 129 Å². The molecule has 108 valence electrons. The molecule has 2 aliphatic heterocycles. The van der Waals surface area contributed by atoms with Crippen LogP contribution in [0.15, 0.2) is 53.4 Å². The Morgan fingerprint density at radius 3 is 2.71 bits per heavy atom. The molecule has 0 bridgehead atoms. The maximum atomic E-state index is 5.77. The molecule has 0 aliphatic carbocycles. The summed E-state index contributed by atoms with van der Waals surface area (Å²) in [6.45, 7) is 1.51. The molecule has 3 heteroatoms. The molecule has 0 fully saturated rings. The van der Waals surface area contributed by atoms with Gasteiger partial charge in [-0.25, -0.2) is 0 Å². The van der Waals surface area contributed by atoms with Crippen molar-refractivity contribution in [1.82, 2.24) is 5.32 Å². The van der Waals surface area contributed by atoms with Crippen LogP contribution >= 0.6 is 11.8 Å². The molecule has 0 aromatic heterocycles. The van der Waals surface area contributed by atoms with Crippen LogP contribution in [0.5, 0.6) is 0 Å². The lowest BCUT2D eigenvalue weighted by atomic mass is 9.96. The molecule has 0 spiro atoms. The van der Waals surface area contributed by atoms with Gasteiger partial charge in [0.25, 0.3) is 0 Å². The van der Waals surface area contributed by atoms with Crippen LogP contribution in [0.1, 0.15) is 35.2 Å². The molecule has 0 saturated heterocycles. The number of rotatable bonds is 2. The van der Waals surface area contributed by atoms with E-state index in [0.717, 1.165) is 13.2 Å². The van der Waals surface area contributed by atoms with Gasteiger partial charge in [-0.15, -0.1) is 11.8 Å². The summed E-state index contributed by atoms with van der Waals surface area (Å²) >= 11 is 1.97. The Balaban J connectivity index is 1.61. The van der Waals surface area contributed by atoms with E-state index >= 15 is 0 Å². The predicted octanol–water partition coefficient (Wildman–Crippen LogP) is 4.08. The lowest BCUT2D eigenvalue weighted by Gasteiger charge is -2.33. The van der Waals surface area contributed by atoms with Crippen LogP contribution in [-0.4, -0.2) is 12.4 Å². The molecular formula is C18H19NOS. The van der Waals surface area contributed by atoms with Gasteiger partial charge in [0.05, 0.1) is 19.3 Å². The van der Waals surface area contributed by atoms with Crippen LogP contribution in [0.3, 0.4) is 0 Å². The average molecular weight is 297 g/mol. The summed E-state index contributed by atoms with van der Waals surface area (Å²) in [4.78, 5) is 1.42. The summed E-state index contributed by atoms with van der Waals surface area (Å²) in [5, 5.41) is 3.83. The number of fused-ring (bicyclic) bond motifs is 2. The largest absolute Gasteiger partial charge is 0.375 e. The second-order valence-electron chi connectivity index (χ2n) is 5.66. The normalized spacial score (nSPS) is 24.2. The van der Waals surface area contributed by atoms with E-state index < -0.39 is 0 Å². The fourth-order valence-electron chi connectivity index (χ4n) is 3.28. The van der Waals surface area contributed by atoms with Gasteiger partial charge in [0.2, 0.25) is 0 Å². The Morgan fingerprint density at radius 1 is 0.952 bits per heavy atom. The van der Waals surface area contributed by atoms with E-state index in [4.69, 9.17) is 4.74 Å². The summed E-state index contributed by atoms with van der Waals surface area (Å²) in [5.41, 5.74) is 4.16. The second-order valence-corrected chi connectivity index (χ2v) is 6.80. The molecule has 2 aromatic carbocycles. The van der Waals surface area contributed by atoms with Crippen molar-refractivity contribution in [3.8, 4) is 0 Å². The first-order valence-electron chi connectivity index (χ1n) is 7.55. The predicted molar refractivity (Wildman–Crippen MR) is 86.5 cm³/mol. The van der Waals surface area contributed by atoms with Gasteiger partial charge in [0.1, 0.15) is 0 Å². The lowest BCUT2D eigenvalue weighted by molar-refractivity contribution is 0.0780. The van der Waals surface area contributed by atoms with Crippen molar-refractivity contribution < 1.29 is 4.74 Å². The molecule has 2 heterocycles. The highest BCUT2D eigenvalue weighted by Gasteiger charge is 2.26. The summed E-state index contributed by atoms with van der Waals surface area (Å²) in [7, 11) is 0. The van der Waals surface area contributed by atoms with Gasteiger partial charge >= 0.3 is 0 Å². The van der Waals surface area contributed by atoms with Crippen LogP contribution in [-0.2, 0) is 11.3 Å². The molecule has 2 aromatic rings. The zero-order valence-corrected chi connectivity index (χ0v) is 12.7. The van der Waals surface area contributed by atoms with Gasteiger partial charge < -0.3 is 10.1 Å². The fraction of sp³-hybridized carbons (Fsp3) is 0.333. The summed E-state index contributed by atoms with van der Waals surface area (Å²) in [6, 6.07) is 18.1. The van der Waals surface area contributed by atoms with Crippen molar-refractivity contribution in [2.45, 2.75) is 30.0 Å². The van der Waals surface area contributed by atoms with Gasteiger partial charge in [-0.05, 0) is 34.9 Å². The molecule has 2 nitrogen and oxygen atoms in total. The van der Waals surface area contributed by atoms with Crippen LogP contribution in [0.4, 0.5) is 0 Å². The molecular weight excluding hydrogens is 278 g/mol. The molecule has 21 heavy (non-hydrogen) atoms. The Bertz CT molecular complexity index is 587. The van der Waals surface area contributed by atoms with E-state index in [1.807, 2.05) is 11.8 Å². The minimum atomic E-state index is 0.302. The quantitative estimate of drug-likeness (QED) is 0.902. The van der Waals surface area contributed by atoms with Gasteiger partial charge in [0.15, 0.2) is 0 Å². The van der Waals surface area contributed by atoms with Crippen LogP contribution in [0, 0.1) is 0 Å². The molecule has 2 aliphatic rings. The van der Waals surface area contributed by atoms with E-state index in [9.17, 15) is 0 Å². The third-order valence-corrected chi connectivity index (χ3v) is 5.46. The van der Waals surface area contributed by atoms with E-state index in [1.54, 1.807) is 0 Å². The Kier molecular flexibility index (Phi) is 3.72. The third kappa shape index (κ3) is 2.61. The van der Waals surface area contributed by atoms with E-state index in [2.05, 4.69) is 53.8 Å².